The zero-order chi connectivity index (χ0) is 11.2. The van der Waals surface area contributed by atoms with E-state index in [4.69, 9.17) is 0 Å². The van der Waals surface area contributed by atoms with Crippen LogP contribution in [0.15, 0.2) is 0 Å². The van der Waals surface area contributed by atoms with Gasteiger partial charge in [0.05, 0.1) is 11.2 Å². The Kier molecular flexibility index (Phi) is 5.64. The second kappa shape index (κ2) is 5.69. The van der Waals surface area contributed by atoms with Crippen LogP contribution in [0.4, 0.5) is 0 Å². The van der Waals surface area contributed by atoms with E-state index < -0.39 is 11.2 Å². The van der Waals surface area contributed by atoms with Crippen molar-refractivity contribution >= 4 is 0 Å². The van der Waals surface area contributed by atoms with Gasteiger partial charge in [-0.05, 0) is 26.2 Å². The molecule has 14 heavy (non-hydrogen) atoms. The molecular formula is C11H25NO2. The molecule has 3 heteroatoms. The third-order valence-corrected chi connectivity index (χ3v) is 3.04. The minimum Gasteiger partial charge on any atom is -0.389 e. The highest BCUT2D eigenvalue weighted by Gasteiger charge is 2.23. The molecule has 1 unspecified atom stereocenters. The molecule has 0 aliphatic heterocycles. The van der Waals surface area contributed by atoms with Crippen LogP contribution in [-0.4, -0.2) is 34.5 Å². The number of nitrogens with one attached hydrogen (secondary N) is 1. The Morgan fingerprint density at radius 2 is 1.43 bits per heavy atom. The number of hydrogen-bond acceptors (Lipinski definition) is 3. The predicted octanol–water partition coefficient (Wildman–Crippen LogP) is 1.29. The van der Waals surface area contributed by atoms with Gasteiger partial charge >= 0.3 is 0 Å². The lowest BCUT2D eigenvalue weighted by Crippen LogP contribution is -2.45. The largest absolute Gasteiger partial charge is 0.389 e. The van der Waals surface area contributed by atoms with Crippen molar-refractivity contribution in [2.24, 2.45) is 0 Å². The average Bonchev–Trinajstić information content (AvgIpc) is 2.17. The first-order valence-corrected chi connectivity index (χ1v) is 5.54. The fraction of sp³-hybridized carbons (Fsp3) is 1.00. The van der Waals surface area contributed by atoms with Gasteiger partial charge in [0.15, 0.2) is 0 Å². The fourth-order valence-electron chi connectivity index (χ4n) is 1.19. The summed E-state index contributed by atoms with van der Waals surface area (Å²) in [7, 11) is 0. The zero-order valence-corrected chi connectivity index (χ0v) is 9.93. The van der Waals surface area contributed by atoms with Crippen molar-refractivity contribution in [1.82, 2.24) is 5.32 Å². The molecule has 0 saturated heterocycles. The molecule has 0 heterocycles. The van der Waals surface area contributed by atoms with E-state index in [-0.39, 0.29) is 0 Å². The van der Waals surface area contributed by atoms with Crippen LogP contribution in [0, 0.1) is 0 Å². The second-order valence-electron chi connectivity index (χ2n) is 4.39. The molecule has 0 amide bonds. The Hall–Kier alpha value is -0.120. The minimum atomic E-state index is -0.664. The van der Waals surface area contributed by atoms with Gasteiger partial charge in [-0.2, -0.15) is 0 Å². The lowest BCUT2D eigenvalue weighted by molar-refractivity contribution is 0.0165. The first-order valence-electron chi connectivity index (χ1n) is 5.54. The molecule has 3 nitrogen and oxygen atoms in total. The summed E-state index contributed by atoms with van der Waals surface area (Å²) in [5.74, 6) is 0. The first-order chi connectivity index (χ1) is 6.39. The summed E-state index contributed by atoms with van der Waals surface area (Å²) in [5.41, 5.74) is -1.29. The Balaban J connectivity index is 3.83. The Morgan fingerprint density at radius 1 is 0.929 bits per heavy atom. The van der Waals surface area contributed by atoms with E-state index >= 15 is 0 Å². The molecule has 0 aliphatic carbocycles. The summed E-state index contributed by atoms with van der Waals surface area (Å²) in [6.07, 6.45) is 2.20. The Bertz CT molecular complexity index is 153. The van der Waals surface area contributed by atoms with Crippen LogP contribution in [0.3, 0.4) is 0 Å². The van der Waals surface area contributed by atoms with Crippen molar-refractivity contribution in [3.63, 3.8) is 0 Å². The van der Waals surface area contributed by atoms with E-state index in [0.717, 1.165) is 19.3 Å². The van der Waals surface area contributed by atoms with Gasteiger partial charge in [-0.1, -0.05) is 20.8 Å². The predicted molar refractivity (Wildman–Crippen MR) is 59.3 cm³/mol. The molecule has 0 saturated carbocycles. The van der Waals surface area contributed by atoms with Crippen LogP contribution in [-0.2, 0) is 0 Å². The maximum absolute atomic E-state index is 9.95. The minimum absolute atomic E-state index is 0.534. The Morgan fingerprint density at radius 3 is 1.79 bits per heavy atom. The first kappa shape index (κ1) is 13.9. The molecular weight excluding hydrogens is 178 g/mol. The van der Waals surface area contributed by atoms with E-state index in [1.165, 1.54) is 0 Å². The number of aliphatic hydroxyl groups is 2. The summed E-state index contributed by atoms with van der Waals surface area (Å²) in [6, 6.07) is 0. The molecule has 0 radical (unpaired) electrons. The van der Waals surface area contributed by atoms with Crippen molar-refractivity contribution in [1.29, 1.82) is 0 Å². The van der Waals surface area contributed by atoms with Gasteiger partial charge in [0.25, 0.3) is 0 Å². The van der Waals surface area contributed by atoms with Gasteiger partial charge in [-0.15, -0.1) is 0 Å². The topological polar surface area (TPSA) is 52.5 Å². The standard InChI is InChI=1S/C11H25NO2/c1-5-10(4,13)8-12-9-11(14,6-2)7-3/h12-14H,5-9H2,1-4H3. The van der Waals surface area contributed by atoms with Crippen LogP contribution in [0.1, 0.15) is 47.0 Å². The highest BCUT2D eigenvalue weighted by Crippen LogP contribution is 2.13. The Labute approximate surface area is 87.5 Å². The van der Waals surface area contributed by atoms with Gasteiger partial charge < -0.3 is 15.5 Å². The highest BCUT2D eigenvalue weighted by atomic mass is 16.3. The monoisotopic (exact) mass is 203 g/mol. The SMILES string of the molecule is CCC(C)(O)CNCC(O)(CC)CC. The van der Waals surface area contributed by atoms with Gasteiger partial charge in [-0.3, -0.25) is 0 Å². The lowest BCUT2D eigenvalue weighted by Gasteiger charge is -2.28. The number of hydrogen-bond donors (Lipinski definition) is 3. The third-order valence-electron chi connectivity index (χ3n) is 3.04. The smallest absolute Gasteiger partial charge is 0.0766 e. The lowest BCUT2D eigenvalue weighted by atomic mass is 9.96. The van der Waals surface area contributed by atoms with E-state index in [0.29, 0.717) is 13.1 Å². The van der Waals surface area contributed by atoms with Crippen molar-refractivity contribution in [2.45, 2.75) is 58.2 Å². The summed E-state index contributed by atoms with van der Waals surface area (Å²) in [5, 5.41) is 22.8. The molecule has 0 fully saturated rings. The van der Waals surface area contributed by atoms with Gasteiger partial charge in [0, 0.05) is 13.1 Å². The average molecular weight is 203 g/mol. The second-order valence-corrected chi connectivity index (χ2v) is 4.39. The molecule has 0 aromatic carbocycles. The van der Waals surface area contributed by atoms with Gasteiger partial charge in [0.1, 0.15) is 0 Å². The summed E-state index contributed by atoms with van der Waals surface area (Å²) >= 11 is 0. The molecule has 0 spiro atoms. The van der Waals surface area contributed by atoms with Crippen LogP contribution < -0.4 is 5.32 Å². The fourth-order valence-corrected chi connectivity index (χ4v) is 1.19. The maximum atomic E-state index is 9.95. The molecule has 0 bridgehead atoms. The maximum Gasteiger partial charge on any atom is 0.0766 e. The van der Waals surface area contributed by atoms with E-state index in [1.807, 2.05) is 20.8 Å². The molecule has 1 atom stereocenters. The molecule has 3 N–H and O–H groups in total. The van der Waals surface area contributed by atoms with E-state index in [9.17, 15) is 10.2 Å². The molecule has 0 aromatic rings. The summed E-state index contributed by atoms with van der Waals surface area (Å²) in [6.45, 7) is 8.79. The molecule has 86 valence electrons. The van der Waals surface area contributed by atoms with Gasteiger partial charge in [0.2, 0.25) is 0 Å². The summed E-state index contributed by atoms with van der Waals surface area (Å²) in [4.78, 5) is 0. The van der Waals surface area contributed by atoms with Crippen LogP contribution in [0.5, 0.6) is 0 Å². The molecule has 0 rings (SSSR count). The zero-order valence-electron chi connectivity index (χ0n) is 9.93. The summed E-state index contributed by atoms with van der Waals surface area (Å²) < 4.78 is 0. The van der Waals surface area contributed by atoms with E-state index in [1.54, 1.807) is 6.92 Å². The molecule has 0 aliphatic rings. The van der Waals surface area contributed by atoms with Crippen LogP contribution in [0.2, 0.25) is 0 Å². The van der Waals surface area contributed by atoms with Crippen molar-refractivity contribution in [3.8, 4) is 0 Å². The van der Waals surface area contributed by atoms with Crippen LogP contribution in [0.25, 0.3) is 0 Å². The van der Waals surface area contributed by atoms with Crippen molar-refractivity contribution < 1.29 is 10.2 Å². The third kappa shape index (κ3) is 4.94. The van der Waals surface area contributed by atoms with Crippen LogP contribution >= 0.6 is 0 Å². The quantitative estimate of drug-likeness (QED) is 0.584. The highest BCUT2D eigenvalue weighted by molar-refractivity contribution is 4.80. The normalized spacial score (nSPS) is 16.7. The van der Waals surface area contributed by atoms with E-state index in [2.05, 4.69) is 5.32 Å². The molecule has 0 aromatic heterocycles. The number of rotatable bonds is 7. The van der Waals surface area contributed by atoms with Crippen molar-refractivity contribution in [3.05, 3.63) is 0 Å². The van der Waals surface area contributed by atoms with Gasteiger partial charge in [-0.25, -0.2) is 0 Å². The van der Waals surface area contributed by atoms with Crippen molar-refractivity contribution in [2.75, 3.05) is 13.1 Å².